The average Bonchev–Trinajstić information content (AvgIpc) is 3.91. The van der Waals surface area contributed by atoms with E-state index in [0.29, 0.717) is 17.9 Å². The predicted molar refractivity (Wildman–Crippen MR) is 182 cm³/mol. The lowest BCUT2D eigenvalue weighted by Crippen LogP contribution is -2.25. The minimum atomic E-state index is -0.340. The molecule has 2 aliphatic rings. The topological polar surface area (TPSA) is 108 Å². The molecule has 9 nitrogen and oxygen atoms in total. The van der Waals surface area contributed by atoms with Gasteiger partial charge in [-0.3, -0.25) is 25.0 Å². The molecule has 6 heterocycles. The van der Waals surface area contributed by atoms with Crippen LogP contribution in [0.25, 0.3) is 55.6 Å². The van der Waals surface area contributed by atoms with Gasteiger partial charge in [-0.2, -0.15) is 5.10 Å². The third-order valence-corrected chi connectivity index (χ3v) is 9.63. The molecule has 1 aliphatic heterocycles. The van der Waals surface area contributed by atoms with Crippen LogP contribution in [0.2, 0.25) is 0 Å². The van der Waals surface area contributed by atoms with Crippen LogP contribution in [0.15, 0.2) is 67.4 Å². The zero-order chi connectivity index (χ0) is 31.6. The zero-order valence-corrected chi connectivity index (χ0v) is 26.4. The number of likely N-dealkylation sites (tertiary alicyclic amines) is 1. The maximum atomic E-state index is 14.8. The third-order valence-electron chi connectivity index (χ3n) is 9.63. The molecule has 6 aromatic rings. The standard InChI is InChI=1S/C37H39FN8O/c38-28-12-26(13-29(14-28)47-10-9-46-7-3-4-8-46)32-21-41-22-35-30(32)15-34(43-35)37-31-16-33(42-23-36(31)44-45-37)27-11-25(19-40-20-27)18-39-17-24-5-1-2-6-24/h11-16,19-24,39,43H,1-10,17-18H2,(H,44,45). The fourth-order valence-corrected chi connectivity index (χ4v) is 7.15. The van der Waals surface area contributed by atoms with Crippen molar-refractivity contribution < 1.29 is 9.13 Å². The van der Waals surface area contributed by atoms with Gasteiger partial charge < -0.3 is 15.0 Å². The van der Waals surface area contributed by atoms with E-state index >= 15 is 0 Å². The summed E-state index contributed by atoms with van der Waals surface area (Å²) in [4.78, 5) is 19.6. The molecule has 240 valence electrons. The van der Waals surface area contributed by atoms with Crippen LogP contribution in [0.1, 0.15) is 44.1 Å². The summed E-state index contributed by atoms with van der Waals surface area (Å²) in [5.41, 5.74) is 7.76. The van der Waals surface area contributed by atoms with Crippen LogP contribution in [0.5, 0.6) is 5.75 Å². The molecule has 8 rings (SSSR count). The first-order valence-electron chi connectivity index (χ1n) is 16.8. The van der Waals surface area contributed by atoms with Gasteiger partial charge in [-0.15, -0.1) is 0 Å². The molecule has 3 N–H and O–H groups in total. The Bertz CT molecular complexity index is 2010. The smallest absolute Gasteiger partial charge is 0.127 e. The number of H-pyrrole nitrogens is 2. The lowest BCUT2D eigenvalue weighted by Gasteiger charge is -2.15. The Labute approximate surface area is 273 Å². The van der Waals surface area contributed by atoms with Crippen molar-refractivity contribution in [2.45, 2.75) is 45.1 Å². The number of fused-ring (bicyclic) bond motifs is 2. The average molecular weight is 631 g/mol. The second-order valence-electron chi connectivity index (χ2n) is 13.0. The van der Waals surface area contributed by atoms with Crippen molar-refractivity contribution in [1.82, 2.24) is 40.3 Å². The van der Waals surface area contributed by atoms with Gasteiger partial charge in [0, 0.05) is 59.6 Å². The molecule has 0 spiro atoms. The molecule has 0 atom stereocenters. The van der Waals surface area contributed by atoms with E-state index < -0.39 is 0 Å². The highest BCUT2D eigenvalue weighted by Crippen LogP contribution is 2.36. The lowest BCUT2D eigenvalue weighted by molar-refractivity contribution is 0.237. The van der Waals surface area contributed by atoms with Crippen LogP contribution >= 0.6 is 0 Å². The molecular weight excluding hydrogens is 591 g/mol. The van der Waals surface area contributed by atoms with Crippen molar-refractivity contribution in [3.8, 4) is 39.5 Å². The Morgan fingerprint density at radius 1 is 0.851 bits per heavy atom. The van der Waals surface area contributed by atoms with Gasteiger partial charge in [0.25, 0.3) is 0 Å². The first-order chi connectivity index (χ1) is 23.2. The van der Waals surface area contributed by atoms with E-state index in [0.717, 1.165) is 94.2 Å². The molecule has 2 fully saturated rings. The van der Waals surface area contributed by atoms with E-state index in [1.165, 1.54) is 50.7 Å². The fourth-order valence-electron chi connectivity index (χ4n) is 7.15. The zero-order valence-electron chi connectivity index (χ0n) is 26.4. The number of halogens is 1. The molecule has 0 bridgehead atoms. The first-order valence-corrected chi connectivity index (χ1v) is 16.8. The largest absolute Gasteiger partial charge is 0.492 e. The Balaban J connectivity index is 1.05. The highest BCUT2D eigenvalue weighted by molar-refractivity contribution is 6.01. The molecule has 5 aromatic heterocycles. The molecule has 10 heteroatoms. The lowest BCUT2D eigenvalue weighted by atomic mass is 10.0. The van der Waals surface area contributed by atoms with Gasteiger partial charge in [0.2, 0.25) is 0 Å². The number of aromatic nitrogens is 6. The minimum Gasteiger partial charge on any atom is -0.492 e. The number of hydrogen-bond acceptors (Lipinski definition) is 7. The minimum absolute atomic E-state index is 0.340. The number of rotatable bonds is 11. The van der Waals surface area contributed by atoms with Crippen LogP contribution < -0.4 is 10.1 Å². The van der Waals surface area contributed by atoms with E-state index in [-0.39, 0.29) is 5.82 Å². The van der Waals surface area contributed by atoms with Gasteiger partial charge in [0.15, 0.2) is 0 Å². The van der Waals surface area contributed by atoms with E-state index in [1.54, 1.807) is 12.4 Å². The van der Waals surface area contributed by atoms with Crippen molar-refractivity contribution in [2.75, 3.05) is 32.8 Å². The Hall–Kier alpha value is -4.67. The molecular formula is C37H39FN8O. The van der Waals surface area contributed by atoms with Gasteiger partial charge in [-0.25, -0.2) is 4.39 Å². The summed E-state index contributed by atoms with van der Waals surface area (Å²) in [6.07, 6.45) is 17.0. The van der Waals surface area contributed by atoms with E-state index in [9.17, 15) is 4.39 Å². The summed E-state index contributed by atoms with van der Waals surface area (Å²) < 4.78 is 20.8. The first kappa shape index (κ1) is 29.7. The summed E-state index contributed by atoms with van der Waals surface area (Å²) in [6, 6.07) is 11.1. The molecule has 0 radical (unpaired) electrons. The number of nitrogens with one attached hydrogen (secondary N) is 3. The molecule has 1 saturated carbocycles. The molecule has 0 amide bonds. The number of nitrogens with zero attached hydrogens (tertiary/aromatic N) is 5. The maximum Gasteiger partial charge on any atom is 0.127 e. The van der Waals surface area contributed by atoms with Crippen molar-refractivity contribution in [3.63, 3.8) is 0 Å². The van der Waals surface area contributed by atoms with Crippen LogP contribution in [0, 0.1) is 11.7 Å². The second-order valence-corrected chi connectivity index (χ2v) is 13.0. The molecule has 1 saturated heterocycles. The van der Waals surface area contributed by atoms with E-state index in [2.05, 4.69) is 53.6 Å². The number of benzene rings is 1. The SMILES string of the molecule is Fc1cc(OCCN2CCCC2)cc(-c2cncc3[nH]c(-c4n[nH]c5cnc(-c6cncc(CNCC7CCCC7)c6)cc45)cc23)c1. The number of aromatic amines is 2. The van der Waals surface area contributed by atoms with Crippen LogP contribution in [0.3, 0.4) is 0 Å². The number of ether oxygens (including phenoxy) is 1. The molecule has 1 aliphatic carbocycles. The maximum absolute atomic E-state index is 14.8. The third kappa shape index (κ3) is 6.48. The summed E-state index contributed by atoms with van der Waals surface area (Å²) >= 11 is 0. The number of hydrogen-bond donors (Lipinski definition) is 3. The Morgan fingerprint density at radius 3 is 2.62 bits per heavy atom. The van der Waals surface area contributed by atoms with Crippen molar-refractivity contribution in [1.29, 1.82) is 0 Å². The van der Waals surface area contributed by atoms with Crippen molar-refractivity contribution >= 4 is 21.8 Å². The second kappa shape index (κ2) is 13.2. The van der Waals surface area contributed by atoms with Gasteiger partial charge in [0.1, 0.15) is 23.9 Å². The van der Waals surface area contributed by atoms with Gasteiger partial charge in [-0.1, -0.05) is 12.8 Å². The Kier molecular flexibility index (Phi) is 8.35. The summed E-state index contributed by atoms with van der Waals surface area (Å²) in [5.74, 6) is 0.974. The summed E-state index contributed by atoms with van der Waals surface area (Å²) in [6.45, 7) is 5.43. The highest BCUT2D eigenvalue weighted by atomic mass is 19.1. The van der Waals surface area contributed by atoms with E-state index in [4.69, 9.17) is 9.72 Å². The Morgan fingerprint density at radius 2 is 1.72 bits per heavy atom. The quantitative estimate of drug-likeness (QED) is 0.140. The van der Waals surface area contributed by atoms with E-state index in [1.807, 2.05) is 24.7 Å². The van der Waals surface area contributed by atoms with Gasteiger partial charge in [0.05, 0.1) is 34.8 Å². The normalized spacial score (nSPS) is 15.8. The van der Waals surface area contributed by atoms with Crippen molar-refractivity contribution in [3.05, 3.63) is 78.8 Å². The van der Waals surface area contributed by atoms with Gasteiger partial charge >= 0.3 is 0 Å². The molecule has 0 unspecified atom stereocenters. The van der Waals surface area contributed by atoms with Crippen LogP contribution in [0.4, 0.5) is 4.39 Å². The number of pyridine rings is 3. The summed E-state index contributed by atoms with van der Waals surface area (Å²) in [7, 11) is 0. The monoisotopic (exact) mass is 630 g/mol. The molecule has 47 heavy (non-hydrogen) atoms. The highest BCUT2D eigenvalue weighted by Gasteiger charge is 2.18. The van der Waals surface area contributed by atoms with Crippen LogP contribution in [-0.4, -0.2) is 67.8 Å². The predicted octanol–water partition coefficient (Wildman–Crippen LogP) is 7.12. The van der Waals surface area contributed by atoms with Crippen LogP contribution in [-0.2, 0) is 6.54 Å². The molecule has 1 aromatic carbocycles. The fraction of sp³-hybridized carbons (Fsp3) is 0.351. The summed E-state index contributed by atoms with van der Waals surface area (Å²) in [5, 5.41) is 13.3. The van der Waals surface area contributed by atoms with Gasteiger partial charge in [-0.05, 0) is 92.7 Å². The van der Waals surface area contributed by atoms with Crippen molar-refractivity contribution in [2.24, 2.45) is 5.92 Å².